The van der Waals surface area contributed by atoms with E-state index in [0.717, 1.165) is 12.0 Å². The summed E-state index contributed by atoms with van der Waals surface area (Å²) in [6.07, 6.45) is 6.84. The maximum Gasteiger partial charge on any atom is 0.0110 e. The van der Waals surface area contributed by atoms with Gasteiger partial charge < -0.3 is 5.32 Å². The minimum atomic E-state index is 0.808. The van der Waals surface area contributed by atoms with Gasteiger partial charge in [-0.25, -0.2) is 0 Å². The molecule has 3 rings (SSSR count). The maximum atomic E-state index is 3.51. The molecule has 0 bridgehead atoms. The van der Waals surface area contributed by atoms with Crippen molar-refractivity contribution in [1.29, 1.82) is 0 Å². The van der Waals surface area contributed by atoms with Gasteiger partial charge in [0.1, 0.15) is 0 Å². The van der Waals surface area contributed by atoms with Crippen molar-refractivity contribution < 1.29 is 0 Å². The number of rotatable bonds is 2. The van der Waals surface area contributed by atoms with E-state index in [9.17, 15) is 0 Å². The molecule has 1 aromatic carbocycles. The minimum Gasteiger partial charge on any atom is -0.315 e. The van der Waals surface area contributed by atoms with Crippen LogP contribution < -0.4 is 5.32 Å². The first-order valence-electron chi connectivity index (χ1n) is 7.93. The molecule has 2 heteroatoms. The molecule has 0 spiro atoms. The Balaban J connectivity index is 1.54. The Bertz CT molecular complexity index is 360. The van der Waals surface area contributed by atoms with Crippen molar-refractivity contribution in [1.82, 2.24) is 10.2 Å². The first-order valence-corrected chi connectivity index (χ1v) is 7.93. The molecule has 1 N–H and O–H groups in total. The van der Waals surface area contributed by atoms with Crippen molar-refractivity contribution in [2.45, 2.75) is 44.1 Å². The Kier molecular flexibility index (Phi) is 4.52. The Morgan fingerprint density at radius 3 is 2.47 bits per heavy atom. The van der Waals surface area contributed by atoms with Crippen molar-refractivity contribution >= 4 is 0 Å². The van der Waals surface area contributed by atoms with E-state index in [-0.39, 0.29) is 0 Å². The number of benzene rings is 1. The zero-order chi connectivity index (χ0) is 12.9. The molecule has 1 heterocycles. The van der Waals surface area contributed by atoms with E-state index in [1.807, 2.05) is 0 Å². The molecule has 19 heavy (non-hydrogen) atoms. The first-order chi connectivity index (χ1) is 9.43. The highest BCUT2D eigenvalue weighted by Crippen LogP contribution is 2.34. The lowest BCUT2D eigenvalue weighted by atomic mass is 9.81. The highest BCUT2D eigenvalue weighted by atomic mass is 15.2. The molecule has 0 radical (unpaired) electrons. The predicted octanol–water partition coefficient (Wildman–Crippen LogP) is 3.01. The Morgan fingerprint density at radius 2 is 1.68 bits per heavy atom. The van der Waals surface area contributed by atoms with E-state index in [1.54, 1.807) is 5.56 Å². The van der Waals surface area contributed by atoms with Crippen LogP contribution >= 0.6 is 0 Å². The summed E-state index contributed by atoms with van der Waals surface area (Å²) < 4.78 is 0. The van der Waals surface area contributed by atoms with Crippen molar-refractivity contribution in [3.8, 4) is 0 Å². The van der Waals surface area contributed by atoms with Gasteiger partial charge in [0.25, 0.3) is 0 Å². The second kappa shape index (κ2) is 6.53. The van der Waals surface area contributed by atoms with Crippen LogP contribution in [-0.2, 0) is 0 Å². The average Bonchev–Trinajstić information content (AvgIpc) is 2.77. The number of hydrogen-bond donors (Lipinski definition) is 1. The van der Waals surface area contributed by atoms with Crippen molar-refractivity contribution in [3.05, 3.63) is 35.9 Å². The number of nitrogens with zero attached hydrogens (tertiary/aromatic N) is 1. The fourth-order valence-electron chi connectivity index (χ4n) is 3.73. The summed E-state index contributed by atoms with van der Waals surface area (Å²) in [6, 6.07) is 11.9. The fourth-order valence-corrected chi connectivity index (χ4v) is 3.73. The highest BCUT2D eigenvalue weighted by Gasteiger charge is 2.26. The Hall–Kier alpha value is -0.860. The van der Waals surface area contributed by atoms with Crippen LogP contribution in [0.15, 0.2) is 30.3 Å². The van der Waals surface area contributed by atoms with Gasteiger partial charge in [-0.1, -0.05) is 30.3 Å². The zero-order valence-electron chi connectivity index (χ0n) is 11.9. The molecule has 0 amide bonds. The predicted molar refractivity (Wildman–Crippen MR) is 80.5 cm³/mol. The molecule has 0 atom stereocenters. The molecule has 0 aromatic heterocycles. The third-order valence-corrected chi connectivity index (χ3v) is 4.86. The van der Waals surface area contributed by atoms with Crippen LogP contribution in [0.5, 0.6) is 0 Å². The SMILES string of the molecule is c1ccc(C2CCC(N3CCCNCC3)CC2)cc1. The van der Waals surface area contributed by atoms with Crippen LogP contribution in [0.1, 0.15) is 43.6 Å². The summed E-state index contributed by atoms with van der Waals surface area (Å²) in [7, 11) is 0. The van der Waals surface area contributed by atoms with Crippen LogP contribution in [0.2, 0.25) is 0 Å². The van der Waals surface area contributed by atoms with Crippen molar-refractivity contribution in [3.63, 3.8) is 0 Å². The summed E-state index contributed by atoms with van der Waals surface area (Å²) in [5.74, 6) is 0.808. The normalized spacial score (nSPS) is 29.9. The van der Waals surface area contributed by atoms with E-state index >= 15 is 0 Å². The van der Waals surface area contributed by atoms with Crippen LogP contribution in [0.25, 0.3) is 0 Å². The van der Waals surface area contributed by atoms with Gasteiger partial charge in [-0.15, -0.1) is 0 Å². The van der Waals surface area contributed by atoms with Gasteiger partial charge in [0.05, 0.1) is 0 Å². The van der Waals surface area contributed by atoms with E-state index in [4.69, 9.17) is 0 Å². The summed E-state index contributed by atoms with van der Waals surface area (Å²) in [4.78, 5) is 2.74. The molecule has 2 aliphatic rings. The average molecular weight is 258 g/mol. The Labute approximate surface area is 117 Å². The van der Waals surface area contributed by atoms with Crippen molar-refractivity contribution in [2.75, 3.05) is 26.2 Å². The van der Waals surface area contributed by atoms with Crippen LogP contribution in [0.3, 0.4) is 0 Å². The minimum absolute atomic E-state index is 0.808. The number of hydrogen-bond acceptors (Lipinski definition) is 2. The largest absolute Gasteiger partial charge is 0.315 e. The van der Waals surface area contributed by atoms with Crippen molar-refractivity contribution in [2.24, 2.45) is 0 Å². The van der Waals surface area contributed by atoms with Gasteiger partial charge in [-0.05, 0) is 56.7 Å². The molecule has 104 valence electrons. The Morgan fingerprint density at radius 1 is 0.895 bits per heavy atom. The van der Waals surface area contributed by atoms with Gasteiger partial charge in [-0.2, -0.15) is 0 Å². The zero-order valence-corrected chi connectivity index (χ0v) is 11.9. The first kappa shape index (κ1) is 13.1. The van der Waals surface area contributed by atoms with E-state index < -0.39 is 0 Å². The van der Waals surface area contributed by atoms with E-state index in [2.05, 4.69) is 40.5 Å². The lowest BCUT2D eigenvalue weighted by molar-refractivity contribution is 0.158. The van der Waals surface area contributed by atoms with E-state index in [1.165, 1.54) is 58.3 Å². The summed E-state index contributed by atoms with van der Waals surface area (Å²) in [5, 5.41) is 3.51. The van der Waals surface area contributed by atoms with Gasteiger partial charge in [-0.3, -0.25) is 4.90 Å². The highest BCUT2D eigenvalue weighted by molar-refractivity contribution is 5.20. The fraction of sp³-hybridized carbons (Fsp3) is 0.647. The molecule has 1 aliphatic carbocycles. The van der Waals surface area contributed by atoms with Gasteiger partial charge in [0.15, 0.2) is 0 Å². The maximum absolute atomic E-state index is 3.51. The molecule has 2 nitrogen and oxygen atoms in total. The third-order valence-electron chi connectivity index (χ3n) is 4.86. The van der Waals surface area contributed by atoms with Crippen LogP contribution in [0.4, 0.5) is 0 Å². The van der Waals surface area contributed by atoms with Crippen LogP contribution in [0, 0.1) is 0 Å². The second-order valence-corrected chi connectivity index (χ2v) is 6.06. The quantitative estimate of drug-likeness (QED) is 0.877. The van der Waals surface area contributed by atoms with E-state index in [0.29, 0.717) is 0 Å². The molecule has 1 aliphatic heterocycles. The van der Waals surface area contributed by atoms with Gasteiger partial charge >= 0.3 is 0 Å². The molecule has 1 saturated carbocycles. The monoisotopic (exact) mass is 258 g/mol. The molecule has 1 saturated heterocycles. The standard InChI is InChI=1S/C17H26N2/c1-2-5-15(6-3-1)16-7-9-17(10-8-16)19-13-4-11-18-12-14-19/h1-3,5-6,16-18H,4,7-14H2. The third kappa shape index (κ3) is 3.37. The lowest BCUT2D eigenvalue weighted by Crippen LogP contribution is -2.39. The molecule has 0 unspecified atom stereocenters. The lowest BCUT2D eigenvalue weighted by Gasteiger charge is -2.36. The molecular formula is C17H26N2. The second-order valence-electron chi connectivity index (χ2n) is 6.06. The van der Waals surface area contributed by atoms with Gasteiger partial charge in [0, 0.05) is 19.1 Å². The topological polar surface area (TPSA) is 15.3 Å². The summed E-state index contributed by atoms with van der Waals surface area (Å²) in [6.45, 7) is 4.93. The van der Waals surface area contributed by atoms with Gasteiger partial charge in [0.2, 0.25) is 0 Å². The summed E-state index contributed by atoms with van der Waals surface area (Å²) >= 11 is 0. The van der Waals surface area contributed by atoms with Crippen LogP contribution in [-0.4, -0.2) is 37.1 Å². The molecular weight excluding hydrogens is 232 g/mol. The molecule has 1 aromatic rings. The summed E-state index contributed by atoms with van der Waals surface area (Å²) in [5.41, 5.74) is 1.55. The smallest absolute Gasteiger partial charge is 0.0110 e. The number of nitrogens with one attached hydrogen (secondary N) is 1. The molecule has 2 fully saturated rings.